The van der Waals surface area contributed by atoms with E-state index in [1.807, 2.05) is 0 Å². The molecule has 0 unspecified atom stereocenters. The minimum atomic E-state index is -0.572. The number of carbonyl (C=O) groups excluding carboxylic acids is 1. The Balaban J connectivity index is 2.47. The van der Waals surface area contributed by atoms with Crippen LogP contribution in [0.3, 0.4) is 0 Å². The fraction of sp³-hybridized carbons (Fsp3) is 0.625. The van der Waals surface area contributed by atoms with Crippen LogP contribution in [0.2, 0.25) is 0 Å². The van der Waals surface area contributed by atoms with Crippen LogP contribution in [-0.2, 0) is 4.79 Å². The van der Waals surface area contributed by atoms with E-state index >= 15 is 0 Å². The van der Waals surface area contributed by atoms with Gasteiger partial charge in [0.1, 0.15) is 0 Å². The first-order valence-electron chi connectivity index (χ1n) is 3.70. The fourth-order valence-corrected chi connectivity index (χ4v) is 1.31. The van der Waals surface area contributed by atoms with Gasteiger partial charge in [0.2, 0.25) is 0 Å². The number of Topliss-reactive ketones (excluding diaryl/α,β-unsaturated/α-hetero) is 1. The second-order valence-electron chi connectivity index (χ2n) is 3.13. The normalized spacial score (nSPS) is 20.5. The average Bonchev–Trinajstić information content (AvgIpc) is 1.81. The van der Waals surface area contributed by atoms with Crippen LogP contribution in [0.15, 0.2) is 11.6 Å². The van der Waals surface area contributed by atoms with Crippen molar-refractivity contribution in [3.05, 3.63) is 11.6 Å². The molecule has 2 nitrogen and oxygen atoms in total. The lowest BCUT2D eigenvalue weighted by molar-refractivity contribution is -0.126. The van der Waals surface area contributed by atoms with Crippen molar-refractivity contribution in [2.75, 3.05) is 0 Å². The van der Waals surface area contributed by atoms with Gasteiger partial charge in [0.25, 0.3) is 0 Å². The molecule has 0 aromatic rings. The molecule has 0 aromatic heterocycles. The molecule has 0 amide bonds. The Hall–Kier alpha value is -0.340. The minimum Gasteiger partial charge on any atom is -0.319 e. The fourth-order valence-electron chi connectivity index (χ4n) is 1.19. The smallest absolute Gasteiger partial charge is 0.157 e. The van der Waals surface area contributed by atoms with E-state index in [2.05, 4.69) is 6.58 Å². The first-order chi connectivity index (χ1) is 5.04. The number of allylic oxidation sites excluding steroid dienone is 1. The van der Waals surface area contributed by atoms with Gasteiger partial charge in [-0.3, -0.25) is 4.79 Å². The molecule has 62 valence electrons. The SMILES string of the molecule is C=C(Cl)CC(=O)C1(N)CCC1. The third-order valence-electron chi connectivity index (χ3n) is 2.15. The summed E-state index contributed by atoms with van der Waals surface area (Å²) in [5.74, 6) is 0.0313. The third kappa shape index (κ3) is 1.82. The molecule has 11 heavy (non-hydrogen) atoms. The van der Waals surface area contributed by atoms with Crippen LogP contribution < -0.4 is 5.73 Å². The highest BCUT2D eigenvalue weighted by atomic mass is 35.5. The summed E-state index contributed by atoms with van der Waals surface area (Å²) in [6, 6.07) is 0. The van der Waals surface area contributed by atoms with Gasteiger partial charge < -0.3 is 5.73 Å². The van der Waals surface area contributed by atoms with E-state index in [9.17, 15) is 4.79 Å². The van der Waals surface area contributed by atoms with Crippen LogP contribution in [-0.4, -0.2) is 11.3 Å². The van der Waals surface area contributed by atoms with E-state index in [1.54, 1.807) is 0 Å². The quantitative estimate of drug-likeness (QED) is 0.704. The number of halogens is 1. The summed E-state index contributed by atoms with van der Waals surface area (Å²) in [5.41, 5.74) is 5.17. The molecule has 0 saturated heterocycles. The molecule has 0 atom stereocenters. The van der Waals surface area contributed by atoms with Crippen molar-refractivity contribution in [3.63, 3.8) is 0 Å². The first kappa shape index (κ1) is 8.75. The number of carbonyl (C=O) groups is 1. The average molecular weight is 174 g/mol. The highest BCUT2D eigenvalue weighted by Crippen LogP contribution is 2.31. The maximum absolute atomic E-state index is 11.3. The second kappa shape index (κ2) is 2.95. The van der Waals surface area contributed by atoms with Gasteiger partial charge in [-0.1, -0.05) is 18.2 Å². The maximum Gasteiger partial charge on any atom is 0.157 e. The topological polar surface area (TPSA) is 43.1 Å². The summed E-state index contributed by atoms with van der Waals surface area (Å²) in [5, 5.41) is 0.381. The third-order valence-corrected chi connectivity index (χ3v) is 2.29. The number of ketones is 1. The summed E-state index contributed by atoms with van der Waals surface area (Å²) in [7, 11) is 0. The van der Waals surface area contributed by atoms with Crippen LogP contribution in [0.4, 0.5) is 0 Å². The summed E-state index contributed by atoms with van der Waals surface area (Å²) in [6.07, 6.45) is 2.88. The Bertz CT molecular complexity index is 196. The highest BCUT2D eigenvalue weighted by Gasteiger charge is 2.39. The molecule has 1 saturated carbocycles. The number of nitrogens with two attached hydrogens (primary N) is 1. The molecule has 1 rings (SSSR count). The second-order valence-corrected chi connectivity index (χ2v) is 3.66. The molecule has 1 aliphatic rings. The van der Waals surface area contributed by atoms with Gasteiger partial charge in [-0.25, -0.2) is 0 Å². The largest absolute Gasteiger partial charge is 0.319 e. The molecule has 0 radical (unpaired) electrons. The highest BCUT2D eigenvalue weighted by molar-refractivity contribution is 6.30. The van der Waals surface area contributed by atoms with Crippen molar-refractivity contribution in [2.24, 2.45) is 5.73 Å². The van der Waals surface area contributed by atoms with E-state index in [1.165, 1.54) is 0 Å². The van der Waals surface area contributed by atoms with E-state index in [-0.39, 0.29) is 12.2 Å². The number of hydrogen-bond donors (Lipinski definition) is 1. The Morgan fingerprint density at radius 2 is 2.18 bits per heavy atom. The van der Waals surface area contributed by atoms with Crippen molar-refractivity contribution < 1.29 is 4.79 Å². The van der Waals surface area contributed by atoms with Crippen LogP contribution in [0.5, 0.6) is 0 Å². The van der Waals surface area contributed by atoms with Crippen molar-refractivity contribution in [3.8, 4) is 0 Å². The van der Waals surface area contributed by atoms with Gasteiger partial charge in [-0.15, -0.1) is 0 Å². The predicted molar refractivity (Wildman–Crippen MR) is 45.4 cm³/mol. The Labute approximate surface area is 71.4 Å². The van der Waals surface area contributed by atoms with Gasteiger partial charge in [0.05, 0.1) is 5.54 Å². The Morgan fingerprint density at radius 1 is 1.64 bits per heavy atom. The zero-order chi connectivity index (χ0) is 8.48. The van der Waals surface area contributed by atoms with Crippen molar-refractivity contribution in [1.29, 1.82) is 0 Å². The monoisotopic (exact) mass is 173 g/mol. The molecule has 1 fully saturated rings. The lowest BCUT2D eigenvalue weighted by Gasteiger charge is -2.36. The summed E-state index contributed by atoms with van der Waals surface area (Å²) < 4.78 is 0. The molecular weight excluding hydrogens is 162 g/mol. The molecule has 2 N–H and O–H groups in total. The zero-order valence-electron chi connectivity index (χ0n) is 6.40. The molecule has 0 aromatic carbocycles. The van der Waals surface area contributed by atoms with Crippen LogP contribution in [0.1, 0.15) is 25.7 Å². The van der Waals surface area contributed by atoms with Gasteiger partial charge in [0.15, 0.2) is 5.78 Å². The van der Waals surface area contributed by atoms with Gasteiger partial charge >= 0.3 is 0 Å². The zero-order valence-corrected chi connectivity index (χ0v) is 7.16. The summed E-state index contributed by atoms with van der Waals surface area (Å²) in [6.45, 7) is 3.46. The van der Waals surface area contributed by atoms with E-state index < -0.39 is 5.54 Å². The molecule has 0 heterocycles. The van der Waals surface area contributed by atoms with Gasteiger partial charge in [-0.2, -0.15) is 0 Å². The molecule has 0 bridgehead atoms. The molecule has 3 heteroatoms. The van der Waals surface area contributed by atoms with Crippen LogP contribution in [0.25, 0.3) is 0 Å². The number of hydrogen-bond acceptors (Lipinski definition) is 2. The number of rotatable bonds is 3. The maximum atomic E-state index is 11.3. The minimum absolute atomic E-state index is 0.0313. The Kier molecular flexibility index (Phi) is 2.35. The van der Waals surface area contributed by atoms with Crippen LogP contribution in [0, 0.1) is 0 Å². The lowest BCUT2D eigenvalue weighted by Crippen LogP contribution is -2.53. The molecule has 0 spiro atoms. The van der Waals surface area contributed by atoms with E-state index in [0.29, 0.717) is 5.03 Å². The summed E-state index contributed by atoms with van der Waals surface area (Å²) in [4.78, 5) is 11.3. The van der Waals surface area contributed by atoms with Crippen molar-refractivity contribution in [1.82, 2.24) is 0 Å². The Morgan fingerprint density at radius 3 is 2.45 bits per heavy atom. The van der Waals surface area contributed by atoms with E-state index in [4.69, 9.17) is 17.3 Å². The van der Waals surface area contributed by atoms with Crippen LogP contribution >= 0.6 is 11.6 Å². The van der Waals surface area contributed by atoms with Gasteiger partial charge in [0, 0.05) is 11.5 Å². The van der Waals surface area contributed by atoms with Gasteiger partial charge in [-0.05, 0) is 19.3 Å². The van der Waals surface area contributed by atoms with E-state index in [0.717, 1.165) is 19.3 Å². The standard InChI is InChI=1S/C8H12ClNO/c1-6(9)5-7(11)8(10)3-2-4-8/h1-5,10H2. The van der Waals surface area contributed by atoms with Crippen molar-refractivity contribution in [2.45, 2.75) is 31.2 Å². The predicted octanol–water partition coefficient (Wildman–Crippen LogP) is 1.58. The first-order valence-corrected chi connectivity index (χ1v) is 4.08. The summed E-state index contributed by atoms with van der Waals surface area (Å²) >= 11 is 5.49. The molecule has 0 aliphatic heterocycles. The lowest BCUT2D eigenvalue weighted by atomic mass is 9.74. The molecular formula is C8H12ClNO. The molecule has 1 aliphatic carbocycles. The van der Waals surface area contributed by atoms with Crippen molar-refractivity contribution >= 4 is 17.4 Å².